The Morgan fingerprint density at radius 2 is 1.95 bits per heavy atom. The van der Waals surface area contributed by atoms with Crippen LogP contribution in [-0.2, 0) is 4.79 Å². The van der Waals surface area contributed by atoms with E-state index in [0.717, 1.165) is 19.3 Å². The van der Waals surface area contributed by atoms with E-state index in [1.165, 1.54) is 18.5 Å². The van der Waals surface area contributed by atoms with Gasteiger partial charge in [-0.15, -0.1) is 0 Å². The van der Waals surface area contributed by atoms with Crippen LogP contribution >= 0.6 is 0 Å². The Labute approximate surface area is 116 Å². The molecule has 6 heteroatoms. The van der Waals surface area contributed by atoms with Crippen molar-refractivity contribution in [2.45, 2.75) is 38.1 Å². The average Bonchev–Trinajstić information content (AvgIpc) is 2.64. The molecule has 1 amide bonds. The van der Waals surface area contributed by atoms with E-state index >= 15 is 0 Å². The number of aliphatic carboxylic acids is 1. The third-order valence-corrected chi connectivity index (χ3v) is 3.64. The van der Waals surface area contributed by atoms with Crippen LogP contribution in [-0.4, -0.2) is 33.1 Å². The largest absolute Gasteiger partial charge is 0.506 e. The molecule has 2 unspecified atom stereocenters. The number of carbonyl (C=O) groups excluding carboxylic acids is 1. The minimum atomic E-state index is -0.869. The summed E-state index contributed by atoms with van der Waals surface area (Å²) < 4.78 is 0. The predicted octanol–water partition coefficient (Wildman–Crippen LogP) is 1.55. The Balaban J connectivity index is 2.09. The number of pyridine rings is 1. The van der Waals surface area contributed by atoms with Crippen LogP contribution in [0.3, 0.4) is 0 Å². The lowest BCUT2D eigenvalue weighted by atomic mass is 9.94. The number of carboxylic acids is 1. The maximum Gasteiger partial charge on any atom is 0.308 e. The van der Waals surface area contributed by atoms with Crippen molar-refractivity contribution < 1.29 is 19.8 Å². The smallest absolute Gasteiger partial charge is 0.308 e. The highest BCUT2D eigenvalue weighted by molar-refractivity contribution is 5.94. The minimum Gasteiger partial charge on any atom is -0.506 e. The van der Waals surface area contributed by atoms with Crippen LogP contribution in [0.2, 0.25) is 0 Å². The number of nitrogens with one attached hydrogen (secondary N) is 1. The monoisotopic (exact) mass is 278 g/mol. The highest BCUT2D eigenvalue weighted by Crippen LogP contribution is 2.24. The van der Waals surface area contributed by atoms with Gasteiger partial charge in [-0.05, 0) is 18.9 Å². The SMILES string of the molecule is O=C(NC1CCCCCC1C(=O)O)c1cncc(O)c1. The fourth-order valence-electron chi connectivity index (χ4n) is 2.58. The van der Waals surface area contributed by atoms with Crippen molar-refractivity contribution in [2.24, 2.45) is 5.92 Å². The van der Waals surface area contributed by atoms with Gasteiger partial charge < -0.3 is 15.5 Å². The molecule has 1 heterocycles. The summed E-state index contributed by atoms with van der Waals surface area (Å²) in [6.07, 6.45) is 6.60. The van der Waals surface area contributed by atoms with Crippen molar-refractivity contribution in [3.63, 3.8) is 0 Å². The first kappa shape index (κ1) is 14.3. The topological polar surface area (TPSA) is 99.5 Å². The first-order chi connectivity index (χ1) is 9.58. The molecular formula is C14H18N2O4. The number of rotatable bonds is 3. The van der Waals surface area contributed by atoms with E-state index in [1.807, 2.05) is 0 Å². The second kappa shape index (κ2) is 6.36. The first-order valence-corrected chi connectivity index (χ1v) is 6.75. The van der Waals surface area contributed by atoms with Crippen LogP contribution in [0.25, 0.3) is 0 Å². The molecule has 3 N–H and O–H groups in total. The summed E-state index contributed by atoms with van der Waals surface area (Å²) in [6.45, 7) is 0. The molecule has 2 rings (SSSR count). The number of amides is 1. The summed E-state index contributed by atoms with van der Waals surface area (Å²) in [4.78, 5) is 27.1. The van der Waals surface area contributed by atoms with Gasteiger partial charge in [-0.25, -0.2) is 0 Å². The molecule has 0 radical (unpaired) electrons. The Morgan fingerprint density at radius 1 is 1.20 bits per heavy atom. The number of carbonyl (C=O) groups is 2. The van der Waals surface area contributed by atoms with Crippen LogP contribution < -0.4 is 5.32 Å². The van der Waals surface area contributed by atoms with E-state index in [0.29, 0.717) is 12.8 Å². The van der Waals surface area contributed by atoms with Crippen LogP contribution in [0.5, 0.6) is 5.75 Å². The molecule has 2 atom stereocenters. The number of nitrogens with zero attached hydrogens (tertiary/aromatic N) is 1. The van der Waals surface area contributed by atoms with Gasteiger partial charge in [0.05, 0.1) is 17.7 Å². The number of carboxylic acid groups (broad SMARTS) is 1. The van der Waals surface area contributed by atoms with Crippen molar-refractivity contribution in [3.05, 3.63) is 24.0 Å². The van der Waals surface area contributed by atoms with Gasteiger partial charge in [0.15, 0.2) is 0 Å². The number of hydrogen-bond donors (Lipinski definition) is 3. The van der Waals surface area contributed by atoms with Crippen molar-refractivity contribution in [1.82, 2.24) is 10.3 Å². The highest BCUT2D eigenvalue weighted by Gasteiger charge is 2.30. The maximum absolute atomic E-state index is 12.1. The summed E-state index contributed by atoms with van der Waals surface area (Å²) in [5, 5.41) is 21.3. The van der Waals surface area contributed by atoms with Gasteiger partial charge in [0, 0.05) is 12.2 Å². The van der Waals surface area contributed by atoms with Crippen LogP contribution in [0, 0.1) is 5.92 Å². The summed E-state index contributed by atoms with van der Waals surface area (Å²) in [7, 11) is 0. The molecule has 1 saturated carbocycles. The second-order valence-corrected chi connectivity index (χ2v) is 5.09. The first-order valence-electron chi connectivity index (χ1n) is 6.75. The highest BCUT2D eigenvalue weighted by atomic mass is 16.4. The molecule has 1 aliphatic rings. The average molecular weight is 278 g/mol. The number of aromatic hydroxyl groups is 1. The zero-order valence-electron chi connectivity index (χ0n) is 11.1. The summed E-state index contributed by atoms with van der Waals surface area (Å²) in [5.74, 6) is -1.90. The molecule has 1 fully saturated rings. The van der Waals surface area contributed by atoms with E-state index in [4.69, 9.17) is 0 Å². The third-order valence-electron chi connectivity index (χ3n) is 3.64. The van der Waals surface area contributed by atoms with Crippen LogP contribution in [0.1, 0.15) is 42.5 Å². The summed E-state index contributed by atoms with van der Waals surface area (Å²) in [6, 6.07) is 0.944. The van der Waals surface area contributed by atoms with E-state index in [9.17, 15) is 19.8 Å². The lowest BCUT2D eigenvalue weighted by Crippen LogP contribution is -2.42. The van der Waals surface area contributed by atoms with Gasteiger partial charge in [0.1, 0.15) is 5.75 Å². The number of aromatic nitrogens is 1. The molecule has 0 aliphatic heterocycles. The van der Waals surface area contributed by atoms with Crippen molar-refractivity contribution in [2.75, 3.05) is 0 Å². The lowest BCUT2D eigenvalue weighted by Gasteiger charge is -2.22. The molecule has 0 saturated heterocycles. The zero-order chi connectivity index (χ0) is 14.5. The third kappa shape index (κ3) is 3.46. The Kier molecular flexibility index (Phi) is 4.55. The van der Waals surface area contributed by atoms with E-state index in [-0.39, 0.29) is 17.4 Å². The quantitative estimate of drug-likeness (QED) is 0.728. The van der Waals surface area contributed by atoms with Crippen molar-refractivity contribution >= 4 is 11.9 Å². The molecule has 6 nitrogen and oxygen atoms in total. The standard InChI is InChI=1S/C14H18N2O4/c17-10-6-9(7-15-8-10)13(18)16-12-5-3-1-2-4-11(12)14(19)20/h6-8,11-12,17H,1-5H2,(H,16,18)(H,19,20). The lowest BCUT2D eigenvalue weighted by molar-refractivity contribution is -0.142. The van der Waals surface area contributed by atoms with Crippen LogP contribution in [0.4, 0.5) is 0 Å². The molecule has 20 heavy (non-hydrogen) atoms. The van der Waals surface area contributed by atoms with Gasteiger partial charge in [-0.2, -0.15) is 0 Å². The number of hydrogen-bond acceptors (Lipinski definition) is 4. The van der Waals surface area contributed by atoms with Crippen molar-refractivity contribution in [3.8, 4) is 5.75 Å². The maximum atomic E-state index is 12.1. The van der Waals surface area contributed by atoms with Gasteiger partial charge in [0.25, 0.3) is 5.91 Å². The molecule has 1 aromatic heterocycles. The predicted molar refractivity (Wildman–Crippen MR) is 71.4 cm³/mol. The Bertz CT molecular complexity index is 504. The van der Waals surface area contributed by atoms with Crippen LogP contribution in [0.15, 0.2) is 18.5 Å². The molecule has 0 bridgehead atoms. The molecule has 108 valence electrons. The van der Waals surface area contributed by atoms with E-state index in [1.54, 1.807) is 0 Å². The van der Waals surface area contributed by atoms with Gasteiger partial charge >= 0.3 is 5.97 Å². The summed E-state index contributed by atoms with van der Waals surface area (Å²) >= 11 is 0. The summed E-state index contributed by atoms with van der Waals surface area (Å²) in [5.41, 5.74) is 0.235. The molecule has 0 aromatic carbocycles. The second-order valence-electron chi connectivity index (χ2n) is 5.09. The zero-order valence-corrected chi connectivity index (χ0v) is 11.1. The van der Waals surface area contributed by atoms with E-state index < -0.39 is 17.8 Å². The molecular weight excluding hydrogens is 260 g/mol. The fourth-order valence-corrected chi connectivity index (χ4v) is 2.58. The van der Waals surface area contributed by atoms with Gasteiger partial charge in [-0.3, -0.25) is 14.6 Å². The molecule has 1 aromatic rings. The van der Waals surface area contributed by atoms with Crippen molar-refractivity contribution in [1.29, 1.82) is 0 Å². The normalized spacial score (nSPS) is 22.8. The van der Waals surface area contributed by atoms with Gasteiger partial charge in [0.2, 0.25) is 0 Å². The fraction of sp³-hybridized carbons (Fsp3) is 0.500. The van der Waals surface area contributed by atoms with Gasteiger partial charge in [-0.1, -0.05) is 19.3 Å². The Morgan fingerprint density at radius 3 is 2.65 bits per heavy atom. The molecule has 0 spiro atoms. The van der Waals surface area contributed by atoms with E-state index in [2.05, 4.69) is 10.3 Å². The Hall–Kier alpha value is -2.11. The molecule has 1 aliphatic carbocycles. The minimum absolute atomic E-state index is 0.0895.